The van der Waals surface area contributed by atoms with Gasteiger partial charge < -0.3 is 14.5 Å². The van der Waals surface area contributed by atoms with E-state index < -0.39 is 0 Å². The van der Waals surface area contributed by atoms with Gasteiger partial charge in [-0.25, -0.2) is 9.97 Å². The van der Waals surface area contributed by atoms with Crippen molar-refractivity contribution in [2.24, 2.45) is 0 Å². The van der Waals surface area contributed by atoms with E-state index in [1.165, 1.54) is 11.3 Å². The van der Waals surface area contributed by atoms with Crippen LogP contribution in [0.1, 0.15) is 23.2 Å². The molecule has 0 unspecified atom stereocenters. The Morgan fingerprint density at radius 3 is 2.79 bits per heavy atom. The number of benzene rings is 1. The van der Waals surface area contributed by atoms with Crippen LogP contribution in [0.4, 0.5) is 5.95 Å². The molecule has 0 bridgehead atoms. The Morgan fingerprint density at radius 1 is 1.14 bits per heavy atom. The lowest BCUT2D eigenvalue weighted by atomic mass is 9.80. The lowest BCUT2D eigenvalue weighted by molar-refractivity contribution is 0.0502. The molecule has 3 aliphatic rings. The highest BCUT2D eigenvalue weighted by molar-refractivity contribution is 6.31. The zero-order valence-corrected chi connectivity index (χ0v) is 17.7. The van der Waals surface area contributed by atoms with E-state index in [0.29, 0.717) is 6.61 Å². The highest BCUT2D eigenvalue weighted by Crippen LogP contribution is 2.40. The summed E-state index contributed by atoms with van der Waals surface area (Å²) in [7, 11) is 2.17. The Labute approximate surface area is 177 Å². The average molecular weight is 414 g/mol. The van der Waals surface area contributed by atoms with Crippen molar-refractivity contribution in [3.8, 4) is 0 Å². The minimum atomic E-state index is -0.0426. The first kappa shape index (κ1) is 19.2. The number of halogens is 1. The predicted molar refractivity (Wildman–Crippen MR) is 114 cm³/mol. The summed E-state index contributed by atoms with van der Waals surface area (Å²) >= 11 is 6.40. The van der Waals surface area contributed by atoms with Crippen LogP contribution in [-0.2, 0) is 23.3 Å². The SMILES string of the molecule is CN1CCN(c2ncc3c(n2)[C@]2(CCN(Cc4ccccc4Cl)C2)COC3)CC1. The number of likely N-dealkylation sites (N-methyl/N-ethyl adjacent to an activating group) is 1. The van der Waals surface area contributed by atoms with E-state index in [4.69, 9.17) is 21.3 Å². The van der Waals surface area contributed by atoms with Gasteiger partial charge in [0.1, 0.15) is 0 Å². The van der Waals surface area contributed by atoms with Gasteiger partial charge in [0, 0.05) is 56.1 Å². The molecule has 1 spiro atoms. The number of anilines is 1. The highest BCUT2D eigenvalue weighted by atomic mass is 35.5. The molecule has 0 saturated carbocycles. The average Bonchev–Trinajstić information content (AvgIpc) is 3.14. The minimum absolute atomic E-state index is 0.0426. The van der Waals surface area contributed by atoms with E-state index in [9.17, 15) is 0 Å². The smallest absolute Gasteiger partial charge is 0.225 e. The normalized spacial score (nSPS) is 25.5. The summed E-state index contributed by atoms with van der Waals surface area (Å²) < 4.78 is 6.00. The van der Waals surface area contributed by atoms with E-state index in [2.05, 4.69) is 38.9 Å². The number of likely N-dealkylation sites (tertiary alicyclic amines) is 1. The minimum Gasteiger partial charge on any atom is -0.376 e. The highest BCUT2D eigenvalue weighted by Gasteiger charge is 2.45. The molecule has 2 fully saturated rings. The van der Waals surface area contributed by atoms with Gasteiger partial charge in [-0.3, -0.25) is 4.90 Å². The molecule has 1 aromatic carbocycles. The third-order valence-corrected chi connectivity index (χ3v) is 6.93. The summed E-state index contributed by atoms with van der Waals surface area (Å²) in [5, 5.41) is 0.841. The van der Waals surface area contributed by atoms with E-state index in [-0.39, 0.29) is 5.41 Å². The van der Waals surface area contributed by atoms with Crippen LogP contribution in [0.25, 0.3) is 0 Å². The third kappa shape index (κ3) is 3.75. The Kier molecular flexibility index (Phi) is 5.20. The number of ether oxygens (including phenoxy) is 1. The molecule has 4 heterocycles. The number of piperazine rings is 1. The molecule has 6 nitrogen and oxygen atoms in total. The predicted octanol–water partition coefficient (Wildman–Crippen LogP) is 2.56. The van der Waals surface area contributed by atoms with Gasteiger partial charge >= 0.3 is 0 Å². The van der Waals surface area contributed by atoms with Crippen molar-refractivity contribution in [2.75, 3.05) is 57.8 Å². The van der Waals surface area contributed by atoms with Crippen LogP contribution in [0, 0.1) is 0 Å². The van der Waals surface area contributed by atoms with Crippen LogP contribution < -0.4 is 4.90 Å². The molecule has 2 saturated heterocycles. The lowest BCUT2D eigenvalue weighted by Crippen LogP contribution is -2.46. The summed E-state index contributed by atoms with van der Waals surface area (Å²) in [6, 6.07) is 8.13. The maximum atomic E-state index is 6.40. The van der Waals surface area contributed by atoms with Gasteiger partial charge in [-0.15, -0.1) is 0 Å². The monoisotopic (exact) mass is 413 g/mol. The number of rotatable bonds is 3. The third-order valence-electron chi connectivity index (χ3n) is 6.56. The number of hydrogen-bond acceptors (Lipinski definition) is 6. The van der Waals surface area contributed by atoms with Crippen LogP contribution in [0.3, 0.4) is 0 Å². The van der Waals surface area contributed by atoms with Crippen LogP contribution >= 0.6 is 11.6 Å². The van der Waals surface area contributed by atoms with Crippen molar-refractivity contribution in [3.63, 3.8) is 0 Å². The van der Waals surface area contributed by atoms with Gasteiger partial charge in [-0.2, -0.15) is 0 Å². The van der Waals surface area contributed by atoms with Gasteiger partial charge in [-0.05, 0) is 31.6 Å². The van der Waals surface area contributed by atoms with Gasteiger partial charge in [0.2, 0.25) is 5.95 Å². The van der Waals surface area contributed by atoms with E-state index in [1.54, 1.807) is 0 Å². The van der Waals surface area contributed by atoms with Crippen LogP contribution in [0.2, 0.25) is 5.02 Å². The van der Waals surface area contributed by atoms with Gasteiger partial charge in [0.15, 0.2) is 0 Å². The fourth-order valence-corrected chi connectivity index (χ4v) is 5.01. The molecule has 7 heteroatoms. The molecule has 154 valence electrons. The maximum absolute atomic E-state index is 6.40. The lowest BCUT2D eigenvalue weighted by Gasteiger charge is -2.36. The first-order valence-electron chi connectivity index (χ1n) is 10.5. The Balaban J connectivity index is 1.38. The second-order valence-electron chi connectivity index (χ2n) is 8.66. The van der Waals surface area contributed by atoms with Gasteiger partial charge in [0.25, 0.3) is 0 Å². The molecule has 29 heavy (non-hydrogen) atoms. The fourth-order valence-electron chi connectivity index (χ4n) is 4.82. The second kappa shape index (κ2) is 7.84. The largest absolute Gasteiger partial charge is 0.376 e. The molecular formula is C22H28ClN5O. The van der Waals surface area contributed by atoms with Crippen molar-refractivity contribution in [1.29, 1.82) is 0 Å². The quantitative estimate of drug-likeness (QED) is 0.770. The van der Waals surface area contributed by atoms with Gasteiger partial charge in [0.05, 0.1) is 24.3 Å². The molecule has 2 aromatic rings. The topological polar surface area (TPSA) is 44.7 Å². The molecule has 1 aromatic heterocycles. The van der Waals surface area contributed by atoms with E-state index in [1.807, 2.05) is 18.3 Å². The van der Waals surface area contributed by atoms with Crippen LogP contribution in [-0.4, -0.2) is 72.7 Å². The molecule has 0 N–H and O–H groups in total. The molecular weight excluding hydrogens is 386 g/mol. The summed E-state index contributed by atoms with van der Waals surface area (Å²) in [6.45, 7) is 8.28. The summed E-state index contributed by atoms with van der Waals surface area (Å²) in [5.74, 6) is 0.877. The van der Waals surface area contributed by atoms with Crippen molar-refractivity contribution in [1.82, 2.24) is 19.8 Å². The molecule has 3 aliphatic heterocycles. The van der Waals surface area contributed by atoms with Crippen molar-refractivity contribution in [2.45, 2.75) is 25.0 Å². The molecule has 0 aliphatic carbocycles. The Bertz CT molecular complexity index is 885. The molecule has 5 rings (SSSR count). The van der Waals surface area contributed by atoms with Crippen molar-refractivity contribution in [3.05, 3.63) is 52.3 Å². The van der Waals surface area contributed by atoms with Crippen LogP contribution in [0.5, 0.6) is 0 Å². The summed E-state index contributed by atoms with van der Waals surface area (Å²) in [6.07, 6.45) is 3.05. The standard InChI is InChI=1S/C22H28ClN5O/c1-26-8-10-28(11-9-26)21-24-12-18-14-29-16-22(20(18)25-21)6-7-27(15-22)13-17-4-2-3-5-19(17)23/h2-5,12H,6-11,13-16H2,1H3/t22-/m0/s1. The number of hydrogen-bond donors (Lipinski definition) is 0. The first-order chi connectivity index (χ1) is 14.1. The van der Waals surface area contributed by atoms with Gasteiger partial charge in [-0.1, -0.05) is 29.8 Å². The Hall–Kier alpha value is -1.73. The Morgan fingerprint density at radius 2 is 1.97 bits per heavy atom. The van der Waals surface area contributed by atoms with E-state index in [0.717, 1.165) is 75.4 Å². The molecule has 0 amide bonds. The first-order valence-corrected chi connectivity index (χ1v) is 10.8. The van der Waals surface area contributed by atoms with Crippen LogP contribution in [0.15, 0.2) is 30.5 Å². The zero-order valence-electron chi connectivity index (χ0n) is 17.0. The molecule has 0 radical (unpaired) electrons. The number of fused-ring (bicyclic) bond motifs is 2. The second-order valence-corrected chi connectivity index (χ2v) is 9.07. The maximum Gasteiger partial charge on any atom is 0.225 e. The summed E-state index contributed by atoms with van der Waals surface area (Å²) in [4.78, 5) is 17.0. The molecule has 1 atom stereocenters. The van der Waals surface area contributed by atoms with E-state index >= 15 is 0 Å². The number of aromatic nitrogens is 2. The number of nitrogens with zero attached hydrogens (tertiary/aromatic N) is 5. The fraction of sp³-hybridized carbons (Fsp3) is 0.545. The zero-order chi connectivity index (χ0) is 19.8. The van der Waals surface area contributed by atoms with Crippen molar-refractivity contribution >= 4 is 17.5 Å². The summed E-state index contributed by atoms with van der Waals surface area (Å²) in [5.41, 5.74) is 3.49. The van der Waals surface area contributed by atoms with Crippen molar-refractivity contribution < 1.29 is 4.74 Å².